The Morgan fingerprint density at radius 3 is 2.41 bits per heavy atom. The molecule has 2 rings (SSSR count). The molecule has 2 N–H and O–H groups in total. The molecule has 0 radical (unpaired) electrons. The molecule has 0 heterocycles. The van der Waals surface area contributed by atoms with Crippen LogP contribution in [-0.4, -0.2) is 18.4 Å². The van der Waals surface area contributed by atoms with E-state index in [2.05, 4.69) is 26.6 Å². The lowest BCUT2D eigenvalue weighted by Gasteiger charge is -2.08. The number of amides is 2. The average Bonchev–Trinajstić information content (AvgIpc) is 2.52. The average molecular weight is 365 g/mol. The first-order valence-corrected chi connectivity index (χ1v) is 7.40. The molecule has 4 nitrogen and oxygen atoms in total. The predicted molar refractivity (Wildman–Crippen MR) is 84.7 cm³/mol. The summed E-state index contributed by atoms with van der Waals surface area (Å²) in [4.78, 5) is 23.6. The molecule has 0 saturated carbocycles. The number of rotatable bonds is 5. The fraction of sp³-hybridized carbons (Fsp3) is 0.125. The van der Waals surface area contributed by atoms with Gasteiger partial charge in [0.1, 0.15) is 5.82 Å². The van der Waals surface area contributed by atoms with E-state index >= 15 is 0 Å². The van der Waals surface area contributed by atoms with Crippen LogP contribution in [-0.2, 0) is 11.3 Å². The highest BCUT2D eigenvalue weighted by Gasteiger charge is 2.11. The van der Waals surface area contributed by atoms with Crippen LogP contribution in [0.4, 0.5) is 4.39 Å². The molecule has 2 amide bonds. The van der Waals surface area contributed by atoms with Crippen molar-refractivity contribution >= 4 is 27.7 Å². The third kappa shape index (κ3) is 4.39. The maximum atomic E-state index is 13.4. The van der Waals surface area contributed by atoms with E-state index in [1.165, 1.54) is 6.07 Å². The van der Waals surface area contributed by atoms with Crippen LogP contribution >= 0.6 is 15.9 Å². The van der Waals surface area contributed by atoms with Gasteiger partial charge in [0.05, 0.1) is 12.1 Å². The summed E-state index contributed by atoms with van der Waals surface area (Å²) in [5.74, 6) is -1.11. The van der Waals surface area contributed by atoms with Gasteiger partial charge in [0.25, 0.3) is 5.91 Å². The van der Waals surface area contributed by atoms with Crippen molar-refractivity contribution in [3.8, 4) is 0 Å². The van der Waals surface area contributed by atoms with Gasteiger partial charge in [-0.25, -0.2) is 4.39 Å². The van der Waals surface area contributed by atoms with E-state index in [1.54, 1.807) is 42.5 Å². The minimum atomic E-state index is -0.386. The molecule has 0 saturated heterocycles. The molecule has 0 aliphatic carbocycles. The summed E-state index contributed by atoms with van der Waals surface area (Å²) in [6.45, 7) is -0.0922. The SMILES string of the molecule is O=C(CNC(=O)c1ccccc1Br)NCc1ccccc1F. The molecule has 0 aliphatic rings. The molecule has 0 unspecified atom stereocenters. The summed E-state index contributed by atoms with van der Waals surface area (Å²) < 4.78 is 14.0. The largest absolute Gasteiger partial charge is 0.350 e. The highest BCUT2D eigenvalue weighted by atomic mass is 79.9. The first-order valence-electron chi connectivity index (χ1n) is 6.61. The summed E-state index contributed by atoms with van der Waals surface area (Å²) in [5, 5.41) is 5.07. The van der Waals surface area contributed by atoms with Crippen molar-refractivity contribution in [3.63, 3.8) is 0 Å². The van der Waals surface area contributed by atoms with Gasteiger partial charge in [-0.1, -0.05) is 30.3 Å². The third-order valence-electron chi connectivity index (χ3n) is 2.96. The summed E-state index contributed by atoms with van der Waals surface area (Å²) in [5.41, 5.74) is 0.845. The zero-order valence-corrected chi connectivity index (χ0v) is 13.2. The molecule has 0 aromatic heterocycles. The number of halogens is 2. The van der Waals surface area contributed by atoms with Crippen LogP contribution < -0.4 is 10.6 Å². The molecule has 6 heteroatoms. The molecular formula is C16H14BrFN2O2. The Bertz CT molecular complexity index is 691. The van der Waals surface area contributed by atoms with Gasteiger partial charge >= 0.3 is 0 Å². The van der Waals surface area contributed by atoms with Crippen LogP contribution in [0.1, 0.15) is 15.9 Å². The Hall–Kier alpha value is -2.21. The topological polar surface area (TPSA) is 58.2 Å². The van der Waals surface area contributed by atoms with Crippen LogP contribution in [0.15, 0.2) is 53.0 Å². The molecule has 114 valence electrons. The Labute approximate surface area is 135 Å². The number of benzene rings is 2. The molecular weight excluding hydrogens is 351 g/mol. The highest BCUT2D eigenvalue weighted by Crippen LogP contribution is 2.15. The monoisotopic (exact) mass is 364 g/mol. The first-order chi connectivity index (χ1) is 10.6. The van der Waals surface area contributed by atoms with Gasteiger partial charge in [0.15, 0.2) is 0 Å². The van der Waals surface area contributed by atoms with Crippen LogP contribution in [0.25, 0.3) is 0 Å². The van der Waals surface area contributed by atoms with Crippen LogP contribution in [0, 0.1) is 5.82 Å². The molecule has 22 heavy (non-hydrogen) atoms. The van der Waals surface area contributed by atoms with E-state index in [1.807, 2.05) is 0 Å². The van der Waals surface area contributed by atoms with Crippen molar-refractivity contribution in [1.29, 1.82) is 0 Å². The molecule has 2 aromatic rings. The normalized spacial score (nSPS) is 10.1. The van der Waals surface area contributed by atoms with E-state index in [-0.39, 0.29) is 30.7 Å². The number of nitrogens with one attached hydrogen (secondary N) is 2. The van der Waals surface area contributed by atoms with Crippen LogP contribution in [0.2, 0.25) is 0 Å². The Balaban J connectivity index is 1.82. The number of carbonyl (C=O) groups is 2. The van der Waals surface area contributed by atoms with Crippen molar-refractivity contribution in [2.45, 2.75) is 6.54 Å². The van der Waals surface area contributed by atoms with E-state index in [9.17, 15) is 14.0 Å². The van der Waals surface area contributed by atoms with E-state index in [0.29, 0.717) is 15.6 Å². The summed E-state index contributed by atoms with van der Waals surface area (Å²) in [6, 6.07) is 13.1. The minimum absolute atomic E-state index is 0.0798. The lowest BCUT2D eigenvalue weighted by atomic mass is 10.2. The maximum Gasteiger partial charge on any atom is 0.252 e. The Kier molecular flexibility index (Phi) is 5.66. The highest BCUT2D eigenvalue weighted by molar-refractivity contribution is 9.10. The second-order valence-electron chi connectivity index (χ2n) is 4.53. The van der Waals surface area contributed by atoms with Crippen molar-refractivity contribution in [2.24, 2.45) is 0 Å². The van der Waals surface area contributed by atoms with Crippen molar-refractivity contribution in [3.05, 3.63) is 69.9 Å². The lowest BCUT2D eigenvalue weighted by molar-refractivity contribution is -0.120. The lowest BCUT2D eigenvalue weighted by Crippen LogP contribution is -2.36. The fourth-order valence-electron chi connectivity index (χ4n) is 1.80. The van der Waals surface area contributed by atoms with Gasteiger partial charge in [0, 0.05) is 16.6 Å². The zero-order chi connectivity index (χ0) is 15.9. The number of hydrogen-bond donors (Lipinski definition) is 2. The summed E-state index contributed by atoms with van der Waals surface area (Å²) in [6.07, 6.45) is 0. The fourth-order valence-corrected chi connectivity index (χ4v) is 2.26. The van der Waals surface area contributed by atoms with Gasteiger partial charge in [0.2, 0.25) is 5.91 Å². The second-order valence-corrected chi connectivity index (χ2v) is 5.38. The first kappa shape index (κ1) is 16.2. The Morgan fingerprint density at radius 2 is 1.68 bits per heavy atom. The van der Waals surface area contributed by atoms with E-state index < -0.39 is 0 Å². The van der Waals surface area contributed by atoms with Crippen LogP contribution in [0.3, 0.4) is 0 Å². The van der Waals surface area contributed by atoms with Crippen molar-refractivity contribution in [2.75, 3.05) is 6.54 Å². The second kappa shape index (κ2) is 7.70. The molecule has 2 aromatic carbocycles. The number of hydrogen-bond acceptors (Lipinski definition) is 2. The molecule has 0 spiro atoms. The van der Waals surface area contributed by atoms with E-state index in [0.717, 1.165) is 0 Å². The zero-order valence-electron chi connectivity index (χ0n) is 11.6. The van der Waals surface area contributed by atoms with Gasteiger partial charge in [-0.2, -0.15) is 0 Å². The van der Waals surface area contributed by atoms with Crippen molar-refractivity contribution < 1.29 is 14.0 Å². The van der Waals surface area contributed by atoms with Crippen LogP contribution in [0.5, 0.6) is 0 Å². The summed E-state index contributed by atoms with van der Waals surface area (Å²) in [7, 11) is 0. The summed E-state index contributed by atoms with van der Waals surface area (Å²) >= 11 is 3.27. The predicted octanol–water partition coefficient (Wildman–Crippen LogP) is 2.63. The van der Waals surface area contributed by atoms with Gasteiger partial charge in [-0.15, -0.1) is 0 Å². The Morgan fingerprint density at radius 1 is 1.00 bits per heavy atom. The number of carbonyl (C=O) groups excluding carboxylic acids is 2. The minimum Gasteiger partial charge on any atom is -0.350 e. The third-order valence-corrected chi connectivity index (χ3v) is 3.65. The molecule has 0 fully saturated rings. The van der Waals surface area contributed by atoms with Gasteiger partial charge in [-0.05, 0) is 34.1 Å². The molecule has 0 aliphatic heterocycles. The van der Waals surface area contributed by atoms with Gasteiger partial charge in [-0.3, -0.25) is 9.59 Å². The maximum absolute atomic E-state index is 13.4. The van der Waals surface area contributed by atoms with E-state index in [4.69, 9.17) is 0 Å². The molecule has 0 bridgehead atoms. The van der Waals surface area contributed by atoms with Crippen molar-refractivity contribution in [1.82, 2.24) is 10.6 Å². The molecule has 0 atom stereocenters. The quantitative estimate of drug-likeness (QED) is 0.856. The smallest absolute Gasteiger partial charge is 0.252 e. The standard InChI is InChI=1S/C16H14BrFN2O2/c17-13-7-3-2-6-12(13)16(22)20-10-15(21)19-9-11-5-1-4-8-14(11)18/h1-8H,9-10H2,(H,19,21)(H,20,22). The van der Waals surface area contributed by atoms with Gasteiger partial charge < -0.3 is 10.6 Å².